The second-order valence-corrected chi connectivity index (χ2v) is 5.68. The number of nitrogens with one attached hydrogen (secondary N) is 2. The molecule has 1 fully saturated rings. The molecule has 5 nitrogen and oxygen atoms in total. The van der Waals surface area contributed by atoms with Gasteiger partial charge in [0.05, 0.1) is 5.75 Å². The highest BCUT2D eigenvalue weighted by Crippen LogP contribution is 2.06. The maximum atomic E-state index is 11.8. The third-order valence-electron chi connectivity index (χ3n) is 2.51. The second kappa shape index (κ2) is 4.90. The van der Waals surface area contributed by atoms with Crippen LogP contribution in [-0.4, -0.2) is 32.5 Å². The van der Waals surface area contributed by atoms with Gasteiger partial charge in [-0.25, -0.2) is 13.1 Å². The molecule has 0 bridgehead atoms. The van der Waals surface area contributed by atoms with E-state index in [1.807, 2.05) is 0 Å². The minimum absolute atomic E-state index is 0.0199. The monoisotopic (exact) mass is 241 g/mol. The molecule has 0 saturated carbocycles. The number of pyridine rings is 1. The number of hydrogen-bond donors (Lipinski definition) is 2. The van der Waals surface area contributed by atoms with E-state index in [-0.39, 0.29) is 11.8 Å². The Kier molecular flexibility index (Phi) is 3.52. The van der Waals surface area contributed by atoms with Gasteiger partial charge in [0.25, 0.3) is 0 Å². The van der Waals surface area contributed by atoms with Crippen LogP contribution in [0.3, 0.4) is 0 Å². The lowest BCUT2D eigenvalue weighted by atomic mass is 10.3. The minimum Gasteiger partial charge on any atom is -0.315 e. The van der Waals surface area contributed by atoms with Crippen molar-refractivity contribution >= 4 is 10.0 Å². The van der Waals surface area contributed by atoms with E-state index in [1.54, 1.807) is 24.5 Å². The van der Waals surface area contributed by atoms with Gasteiger partial charge in [0.1, 0.15) is 0 Å². The summed E-state index contributed by atoms with van der Waals surface area (Å²) in [6.45, 7) is 1.60. The van der Waals surface area contributed by atoms with Crippen molar-refractivity contribution in [2.45, 2.75) is 18.2 Å². The second-order valence-electron chi connectivity index (χ2n) is 3.92. The average molecular weight is 241 g/mol. The lowest BCUT2D eigenvalue weighted by Gasteiger charge is -2.11. The fourth-order valence-corrected chi connectivity index (χ4v) is 3.17. The van der Waals surface area contributed by atoms with Crippen LogP contribution in [0.15, 0.2) is 24.5 Å². The zero-order chi connectivity index (χ0) is 11.4. The molecule has 0 aromatic carbocycles. The largest absolute Gasteiger partial charge is 0.315 e. The number of hydrogen-bond acceptors (Lipinski definition) is 4. The van der Waals surface area contributed by atoms with E-state index in [0.29, 0.717) is 0 Å². The van der Waals surface area contributed by atoms with Crippen molar-refractivity contribution in [1.29, 1.82) is 0 Å². The predicted molar refractivity (Wildman–Crippen MR) is 61.3 cm³/mol. The van der Waals surface area contributed by atoms with Gasteiger partial charge in [-0.3, -0.25) is 4.98 Å². The summed E-state index contributed by atoms with van der Waals surface area (Å²) in [5.41, 5.74) is 0.758. The topological polar surface area (TPSA) is 71.1 Å². The first-order valence-corrected chi connectivity index (χ1v) is 6.90. The summed E-state index contributed by atoms with van der Waals surface area (Å²) in [6, 6.07) is 3.46. The Balaban J connectivity index is 1.97. The summed E-state index contributed by atoms with van der Waals surface area (Å²) in [7, 11) is -3.24. The third kappa shape index (κ3) is 3.26. The Morgan fingerprint density at radius 1 is 1.44 bits per heavy atom. The van der Waals surface area contributed by atoms with Gasteiger partial charge in [0.15, 0.2) is 0 Å². The molecule has 2 N–H and O–H groups in total. The minimum atomic E-state index is -3.24. The molecule has 0 spiro atoms. The Bertz CT molecular complexity index is 427. The molecule has 1 aliphatic heterocycles. The maximum Gasteiger partial charge on any atom is 0.216 e. The fraction of sp³-hybridized carbons (Fsp3) is 0.500. The first-order chi connectivity index (χ1) is 7.66. The molecule has 0 amide bonds. The zero-order valence-corrected chi connectivity index (χ0v) is 9.70. The van der Waals surface area contributed by atoms with Crippen molar-refractivity contribution in [2.24, 2.45) is 0 Å². The molecule has 1 aliphatic rings. The molecule has 1 aromatic heterocycles. The summed E-state index contributed by atoms with van der Waals surface area (Å²) in [6.07, 6.45) is 4.06. The highest BCUT2D eigenvalue weighted by molar-refractivity contribution is 7.88. The van der Waals surface area contributed by atoms with Gasteiger partial charge in [-0.2, -0.15) is 0 Å². The van der Waals surface area contributed by atoms with E-state index < -0.39 is 10.0 Å². The standard InChI is InChI=1S/C10H15N3O2S/c14-16(15,13-10-3-6-12-7-10)8-9-1-4-11-5-2-9/h1-2,4-5,10,12-13H,3,6-8H2/t10-/m0/s1. The summed E-state index contributed by atoms with van der Waals surface area (Å²) >= 11 is 0. The summed E-state index contributed by atoms with van der Waals surface area (Å²) < 4.78 is 26.3. The van der Waals surface area contributed by atoms with Crippen LogP contribution < -0.4 is 10.0 Å². The molecule has 1 aromatic rings. The summed E-state index contributed by atoms with van der Waals surface area (Å²) in [4.78, 5) is 3.85. The average Bonchev–Trinajstić information content (AvgIpc) is 2.70. The van der Waals surface area contributed by atoms with Gasteiger partial charge in [-0.15, -0.1) is 0 Å². The molecule has 2 heterocycles. The summed E-state index contributed by atoms with van der Waals surface area (Å²) in [5.74, 6) is 0.0199. The first-order valence-electron chi connectivity index (χ1n) is 5.25. The van der Waals surface area contributed by atoms with Crippen molar-refractivity contribution < 1.29 is 8.42 Å². The number of rotatable bonds is 4. The van der Waals surface area contributed by atoms with E-state index in [9.17, 15) is 8.42 Å². The van der Waals surface area contributed by atoms with Gasteiger partial charge in [-0.05, 0) is 30.7 Å². The molecule has 2 rings (SSSR count). The number of sulfonamides is 1. The molecular weight excluding hydrogens is 226 g/mol. The van der Waals surface area contributed by atoms with E-state index in [1.165, 1.54) is 0 Å². The number of aromatic nitrogens is 1. The smallest absolute Gasteiger partial charge is 0.216 e. The normalized spacial score (nSPS) is 21.1. The van der Waals surface area contributed by atoms with Gasteiger partial charge in [-0.1, -0.05) is 0 Å². The Morgan fingerprint density at radius 2 is 2.19 bits per heavy atom. The third-order valence-corrected chi connectivity index (χ3v) is 3.92. The van der Waals surface area contributed by atoms with Gasteiger partial charge < -0.3 is 5.32 Å². The molecule has 88 valence electrons. The lowest BCUT2D eigenvalue weighted by Crippen LogP contribution is -2.36. The van der Waals surface area contributed by atoms with Crippen LogP contribution in [0.25, 0.3) is 0 Å². The van der Waals surface area contributed by atoms with Gasteiger partial charge in [0.2, 0.25) is 10.0 Å². The van der Waals surface area contributed by atoms with Crippen LogP contribution in [0.2, 0.25) is 0 Å². The van der Waals surface area contributed by atoms with E-state index in [0.717, 1.165) is 25.1 Å². The van der Waals surface area contributed by atoms with Gasteiger partial charge in [0, 0.05) is 25.0 Å². The zero-order valence-electron chi connectivity index (χ0n) is 8.89. The van der Waals surface area contributed by atoms with Crippen LogP contribution in [0, 0.1) is 0 Å². The van der Waals surface area contributed by atoms with Crippen molar-refractivity contribution in [1.82, 2.24) is 15.0 Å². The summed E-state index contributed by atoms with van der Waals surface area (Å²) in [5, 5.41) is 3.12. The molecule has 1 saturated heterocycles. The molecular formula is C10H15N3O2S. The molecule has 0 aliphatic carbocycles. The predicted octanol–water partition coefficient (Wildman–Crippen LogP) is -0.137. The SMILES string of the molecule is O=S(=O)(Cc1ccncc1)N[C@H]1CCNC1. The van der Waals surface area contributed by atoms with Crippen molar-refractivity contribution in [3.63, 3.8) is 0 Å². The lowest BCUT2D eigenvalue weighted by molar-refractivity contribution is 0.559. The van der Waals surface area contributed by atoms with Crippen molar-refractivity contribution in [3.05, 3.63) is 30.1 Å². The molecule has 0 unspecified atom stereocenters. The van der Waals surface area contributed by atoms with Crippen LogP contribution >= 0.6 is 0 Å². The highest BCUT2D eigenvalue weighted by Gasteiger charge is 2.21. The Hall–Kier alpha value is -0.980. The number of nitrogens with zero attached hydrogens (tertiary/aromatic N) is 1. The van der Waals surface area contributed by atoms with E-state index in [2.05, 4.69) is 15.0 Å². The Labute approximate surface area is 95.3 Å². The van der Waals surface area contributed by atoms with E-state index in [4.69, 9.17) is 0 Å². The Morgan fingerprint density at radius 3 is 2.81 bits per heavy atom. The van der Waals surface area contributed by atoms with Crippen molar-refractivity contribution in [2.75, 3.05) is 13.1 Å². The van der Waals surface area contributed by atoms with Gasteiger partial charge >= 0.3 is 0 Å². The van der Waals surface area contributed by atoms with Crippen LogP contribution in [0.5, 0.6) is 0 Å². The van der Waals surface area contributed by atoms with Crippen LogP contribution in [0.4, 0.5) is 0 Å². The van der Waals surface area contributed by atoms with Crippen LogP contribution in [0.1, 0.15) is 12.0 Å². The highest BCUT2D eigenvalue weighted by atomic mass is 32.2. The molecule has 1 atom stereocenters. The molecule has 6 heteroatoms. The van der Waals surface area contributed by atoms with Crippen LogP contribution in [-0.2, 0) is 15.8 Å². The van der Waals surface area contributed by atoms with E-state index >= 15 is 0 Å². The first kappa shape index (κ1) is 11.5. The molecule has 0 radical (unpaired) electrons. The van der Waals surface area contributed by atoms with Crippen molar-refractivity contribution in [3.8, 4) is 0 Å². The molecule has 16 heavy (non-hydrogen) atoms. The fourth-order valence-electron chi connectivity index (χ4n) is 1.75. The quantitative estimate of drug-likeness (QED) is 0.770. The maximum absolute atomic E-state index is 11.8.